The fourth-order valence-corrected chi connectivity index (χ4v) is 13.2. The maximum Gasteiger partial charge on any atom is 0.326 e. The molecule has 0 saturated carbocycles. The molecule has 10 atom stereocenters. The largest absolute Gasteiger partial charge is 0.481 e. The highest BCUT2D eigenvalue weighted by Crippen LogP contribution is 2.34. The molecule has 0 spiro atoms. The first-order valence-electron chi connectivity index (χ1n) is 42.0. The number of ketones is 1. The summed E-state index contributed by atoms with van der Waals surface area (Å²) in [6, 6.07) is 1.24. The van der Waals surface area contributed by atoms with Crippen molar-refractivity contribution in [1.29, 1.82) is 0 Å². The van der Waals surface area contributed by atoms with E-state index in [4.69, 9.17) is 10.8 Å². The zero-order chi connectivity index (χ0) is 97.6. The summed E-state index contributed by atoms with van der Waals surface area (Å²) in [7, 11) is 0. The van der Waals surface area contributed by atoms with Crippen LogP contribution in [0.1, 0.15) is 204 Å². The van der Waals surface area contributed by atoms with Crippen molar-refractivity contribution in [1.82, 2.24) is 58.0 Å². The zero-order valence-corrected chi connectivity index (χ0v) is 71.5. The van der Waals surface area contributed by atoms with E-state index in [2.05, 4.69) is 42.1 Å². The molecule has 1 heterocycles. The fraction of sp³-hybridized carbons (Fsp3) is 0.512. The molecule has 4 rings (SSSR count). The second-order valence-electron chi connectivity index (χ2n) is 31.0. The zero-order valence-electron chi connectivity index (χ0n) is 71.5. The predicted octanol–water partition coefficient (Wildman–Crippen LogP) is 1.85. The van der Waals surface area contributed by atoms with Gasteiger partial charge in [0.25, 0.3) is 0 Å². The maximum atomic E-state index is 14.3. The number of aliphatic carboxylic acids is 10. The van der Waals surface area contributed by atoms with Crippen LogP contribution in [0.2, 0.25) is 0 Å². The fourth-order valence-electron chi connectivity index (χ4n) is 13.2. The van der Waals surface area contributed by atoms with Crippen molar-refractivity contribution in [3.63, 3.8) is 0 Å². The first-order chi connectivity index (χ1) is 61.9. The number of carboxylic acids is 10. The lowest BCUT2D eigenvalue weighted by Crippen LogP contribution is -2.50. The number of carboxylic acid groups (broad SMARTS) is 10. The van der Waals surface area contributed by atoms with E-state index < -0.39 is 307 Å². The monoisotopic (exact) mass is 1850 g/mol. The third kappa shape index (κ3) is 42.4. The lowest BCUT2D eigenvalue weighted by molar-refractivity contribution is -0.146. The number of nitrogens with zero attached hydrogens (tertiary/aromatic N) is 1. The number of amides is 11. The van der Waals surface area contributed by atoms with E-state index in [1.807, 2.05) is 63.8 Å². The minimum Gasteiger partial charge on any atom is -0.481 e. The number of nitrogens with one attached hydrogen (secondary N) is 12. The van der Waals surface area contributed by atoms with Gasteiger partial charge in [0.1, 0.15) is 59.9 Å². The third-order valence-electron chi connectivity index (χ3n) is 20.4. The van der Waals surface area contributed by atoms with Crippen molar-refractivity contribution in [3.8, 4) is 11.1 Å². The van der Waals surface area contributed by atoms with Crippen molar-refractivity contribution < 1.29 is 161 Å². The molecule has 0 aliphatic carbocycles. The Morgan fingerprint density at radius 1 is 0.374 bits per heavy atom. The highest BCUT2D eigenvalue weighted by molar-refractivity contribution is 6.07. The first kappa shape index (κ1) is 109. The van der Waals surface area contributed by atoms with E-state index in [1.54, 1.807) is 24.3 Å². The van der Waals surface area contributed by atoms with Crippen LogP contribution < -0.4 is 64.2 Å². The van der Waals surface area contributed by atoms with Gasteiger partial charge >= 0.3 is 59.7 Å². The van der Waals surface area contributed by atoms with Gasteiger partial charge in [-0.05, 0) is 119 Å². The summed E-state index contributed by atoms with van der Waals surface area (Å²) >= 11 is 0. The lowest BCUT2D eigenvalue weighted by atomic mass is 9.94. The molecule has 24 N–H and O–H groups in total. The van der Waals surface area contributed by atoms with Gasteiger partial charge in [0.05, 0.1) is 35.7 Å². The summed E-state index contributed by atoms with van der Waals surface area (Å²) in [5.74, 6) is -28.5. The number of carbonyl (C=O) groups excluding carboxylic acids is 12. The first-order valence-corrected chi connectivity index (χ1v) is 42.0. The van der Waals surface area contributed by atoms with E-state index in [0.717, 1.165) is 67.0 Å². The lowest BCUT2D eigenvalue weighted by Gasteiger charge is -2.19. The molecule has 46 nitrogen and oxygen atoms in total. The van der Waals surface area contributed by atoms with Crippen molar-refractivity contribution in [2.45, 2.75) is 260 Å². The summed E-state index contributed by atoms with van der Waals surface area (Å²) in [5.41, 5.74) is 9.92. The number of aryl methyl sites for hydroxylation is 1. The number of aromatic nitrogens is 2. The number of carbonyl (C=O) groups is 22. The molecule has 3 aromatic carbocycles. The number of benzene rings is 3. The van der Waals surface area contributed by atoms with E-state index >= 15 is 0 Å². The summed E-state index contributed by atoms with van der Waals surface area (Å²) in [6.45, 7) is 2.08. The van der Waals surface area contributed by atoms with E-state index in [0.29, 0.717) is 35.4 Å². The number of unbranched alkanes of at least 4 members (excludes halogenated alkanes) is 8. The van der Waals surface area contributed by atoms with Crippen LogP contribution in [-0.2, 0) is 112 Å². The standard InChI is InChI=1S/C84H111FN14O32/c1-44-15-22-51(85)47(40-44)42-71(110)88-48-19-16-45(17-20-48)50-12-11-13-53-73(50)74(99-98-53)97-62(101)14-9-7-5-3-2-4-6-8-10-39-87-70(109)43-52(86)75(113)96-61(84(130)131)30-37-69(108)95-60(83(128)129)29-36-68(107)94-59(82(126)127)28-35-67(106)93-58(81(124)125)27-34-66(105)92-57(80(122)123)26-33-65(104)91-56(79(120)121)25-32-64(103)90-55(78(118)119)24-31-63(102)89-54(77(116)117)23-21-49(100)41-46(76(114)115)18-38-72(111)112/h11-13,15-17,19-20,22,40,46,52,54-61H,2-10,14,18,21,23-39,41-43,86H2,1H3,(H,87,109)(H,88,110)(H,89,102)(H,90,103)(H,91,104)(H,92,105)(H,93,106)(H,94,107)(H,95,108)(H,96,113)(H,111,112)(H,114,115)(H,116,117)(H,118,119)(H,120,121)(H,122,123)(H,124,125)(H,126,127)(H,128,129)(H,130,131)(H2,97,98,99,101)/t46-,52+,54+,55+,56+,57+,58+,59+,60+,61+/m1/s1. The number of aromatic amines is 1. The van der Waals surface area contributed by atoms with Crippen molar-refractivity contribution in [3.05, 3.63) is 77.6 Å². The van der Waals surface area contributed by atoms with Gasteiger partial charge in [-0.25, -0.2) is 42.7 Å². The highest BCUT2D eigenvalue weighted by Gasteiger charge is 2.33. The highest BCUT2D eigenvalue weighted by atomic mass is 19.1. The van der Waals surface area contributed by atoms with Gasteiger partial charge < -0.3 is 115 Å². The van der Waals surface area contributed by atoms with Crippen molar-refractivity contribution >= 4 is 153 Å². The number of hydrogen-bond acceptors (Lipinski definition) is 24. The SMILES string of the molecule is Cc1ccc(F)c(CC(=O)Nc2ccc(-c3cccc4[nH]nc(NC(=O)CCCCCCCCCCCNC(=O)C[C@H](N)C(=O)N[C@@H](CCC(=O)N[C@@H](CCC(=O)N[C@@H](CCC(=O)N[C@@H](CCC(=O)N[C@@H](CCC(=O)N[C@@H](CCC(=O)N[C@@H](CCC(=O)N[C@@H](CCC(=O)C[C@@H](CCC(=O)O)C(=O)O)C(=O)O)C(=O)O)C(=O)O)C(=O)O)C(=O)O)C(=O)O)C(=O)O)C(=O)O)c34)cc2)c1. The Kier molecular flexibility index (Phi) is 47.1. The number of H-pyrrole nitrogens is 1. The summed E-state index contributed by atoms with van der Waals surface area (Å²) in [5, 5.41) is 129. The van der Waals surface area contributed by atoms with Gasteiger partial charge in [0.15, 0.2) is 5.82 Å². The second kappa shape index (κ2) is 56.7. The Bertz CT molecular complexity index is 4750. The number of fused-ring (bicyclic) bond motifs is 1. The maximum absolute atomic E-state index is 14.3. The summed E-state index contributed by atoms with van der Waals surface area (Å²) < 4.78 is 14.3. The number of Topliss-reactive ketones (excluding diaryl/α,β-unsaturated/α-hetero) is 1. The molecule has 0 bridgehead atoms. The third-order valence-corrected chi connectivity index (χ3v) is 20.4. The van der Waals surface area contributed by atoms with Crippen LogP contribution in [0.25, 0.3) is 22.0 Å². The quantitative estimate of drug-likeness (QED) is 0.0280. The Morgan fingerprint density at radius 2 is 0.748 bits per heavy atom. The van der Waals surface area contributed by atoms with Gasteiger partial charge in [0.2, 0.25) is 65.0 Å². The Hall–Kier alpha value is -14.4. The van der Waals surface area contributed by atoms with Gasteiger partial charge in [-0.2, -0.15) is 5.10 Å². The molecule has 11 amide bonds. The van der Waals surface area contributed by atoms with Gasteiger partial charge in [-0.1, -0.05) is 86.9 Å². The van der Waals surface area contributed by atoms with Gasteiger partial charge in [-0.15, -0.1) is 0 Å². The molecular formula is C84H111FN14O32. The van der Waals surface area contributed by atoms with E-state index in [9.17, 15) is 156 Å². The van der Waals surface area contributed by atoms with Crippen molar-refractivity contribution in [2.75, 3.05) is 17.2 Å². The molecule has 131 heavy (non-hydrogen) atoms. The van der Waals surface area contributed by atoms with Crippen LogP contribution in [0, 0.1) is 18.7 Å². The average molecular weight is 1850 g/mol. The van der Waals surface area contributed by atoms with E-state index in [-0.39, 0.29) is 37.6 Å². The molecule has 4 aromatic rings. The van der Waals surface area contributed by atoms with Gasteiger partial charge in [0, 0.05) is 82.9 Å². The molecule has 716 valence electrons. The number of nitrogens with two attached hydrogens (primary N) is 1. The topological polar surface area (TPSA) is 765 Å². The van der Waals surface area contributed by atoms with Crippen molar-refractivity contribution in [2.24, 2.45) is 11.7 Å². The van der Waals surface area contributed by atoms with Crippen LogP contribution in [0.5, 0.6) is 0 Å². The summed E-state index contributed by atoms with van der Waals surface area (Å²) in [4.78, 5) is 272. The second-order valence-corrected chi connectivity index (χ2v) is 31.0. The Labute approximate surface area is 746 Å². The van der Waals surface area contributed by atoms with Crippen LogP contribution in [-0.4, -0.2) is 253 Å². The van der Waals surface area contributed by atoms with Gasteiger partial charge in [-0.3, -0.25) is 72.2 Å². The van der Waals surface area contributed by atoms with Crippen LogP contribution >= 0.6 is 0 Å². The molecule has 0 fully saturated rings. The molecule has 0 unspecified atom stereocenters. The smallest absolute Gasteiger partial charge is 0.326 e. The minimum atomic E-state index is -1.88. The van der Waals surface area contributed by atoms with Crippen LogP contribution in [0.3, 0.4) is 0 Å². The number of rotatable bonds is 66. The Morgan fingerprint density at radius 3 is 1.13 bits per heavy atom. The average Bonchev–Trinajstić information content (AvgIpc) is 1.68. The predicted molar refractivity (Wildman–Crippen MR) is 453 cm³/mol. The molecular weight excluding hydrogens is 1740 g/mol. The summed E-state index contributed by atoms with van der Waals surface area (Å²) in [6.07, 6.45) is -5.71. The number of hydrogen-bond donors (Lipinski definition) is 23. The molecule has 0 saturated heterocycles. The van der Waals surface area contributed by atoms with Crippen LogP contribution in [0.4, 0.5) is 15.9 Å². The molecule has 0 aliphatic heterocycles. The van der Waals surface area contributed by atoms with E-state index in [1.165, 1.54) is 6.07 Å². The molecule has 0 aliphatic rings. The molecule has 1 aromatic heterocycles. The minimum absolute atomic E-state index is 0.122. The Balaban J connectivity index is 1.08. The normalized spacial score (nSPS) is 13.3. The molecule has 0 radical (unpaired) electrons. The molecule has 47 heteroatoms. The number of halogens is 1. The number of anilines is 2. The van der Waals surface area contributed by atoms with Crippen LogP contribution in [0.15, 0.2) is 60.7 Å².